The van der Waals surface area contributed by atoms with Crippen LogP contribution in [0.1, 0.15) is 15.9 Å². The van der Waals surface area contributed by atoms with Crippen LogP contribution in [0.15, 0.2) is 18.5 Å². The number of ether oxygens (including phenoxy) is 1. The Bertz CT molecular complexity index is 490. The van der Waals surface area contributed by atoms with Gasteiger partial charge in [0.15, 0.2) is 0 Å². The molecule has 2 rings (SSSR count). The van der Waals surface area contributed by atoms with Crippen molar-refractivity contribution in [2.75, 3.05) is 7.11 Å². The van der Waals surface area contributed by atoms with Crippen LogP contribution in [0, 0.1) is 6.92 Å². The van der Waals surface area contributed by atoms with Gasteiger partial charge in [0.25, 0.3) is 0 Å². The van der Waals surface area contributed by atoms with Crippen LogP contribution in [0.3, 0.4) is 0 Å². The molecule has 0 aliphatic rings. The van der Waals surface area contributed by atoms with Crippen molar-refractivity contribution in [2.45, 2.75) is 6.92 Å². The molecule has 0 atom stereocenters. The minimum absolute atomic E-state index is 0.396. The number of fused-ring (bicyclic) bond motifs is 1. The molecule has 0 bridgehead atoms. The molecule has 0 unspecified atom stereocenters. The van der Waals surface area contributed by atoms with Gasteiger partial charge >= 0.3 is 5.97 Å². The third-order valence-corrected chi connectivity index (χ3v) is 1.93. The Morgan fingerprint density at radius 3 is 2.86 bits per heavy atom. The molecule has 0 amide bonds. The van der Waals surface area contributed by atoms with E-state index in [9.17, 15) is 4.79 Å². The zero-order valence-electron chi connectivity index (χ0n) is 7.89. The first-order valence-electron chi connectivity index (χ1n) is 4.11. The maximum absolute atomic E-state index is 11.3. The molecule has 72 valence electrons. The SMILES string of the molecule is COC(=O)c1cnn2ncc(C)cc12. The molecular weight excluding hydrogens is 182 g/mol. The Morgan fingerprint density at radius 2 is 2.14 bits per heavy atom. The van der Waals surface area contributed by atoms with Crippen LogP contribution >= 0.6 is 0 Å². The van der Waals surface area contributed by atoms with E-state index in [1.165, 1.54) is 17.9 Å². The van der Waals surface area contributed by atoms with Crippen molar-refractivity contribution in [2.24, 2.45) is 0 Å². The largest absolute Gasteiger partial charge is 0.465 e. The summed E-state index contributed by atoms with van der Waals surface area (Å²) in [5.74, 6) is -0.396. The lowest BCUT2D eigenvalue weighted by molar-refractivity contribution is 0.0603. The number of rotatable bonds is 1. The molecular formula is C9H9N3O2. The molecule has 2 aromatic rings. The van der Waals surface area contributed by atoms with Gasteiger partial charge in [-0.25, -0.2) is 4.79 Å². The third kappa shape index (κ3) is 1.22. The predicted molar refractivity (Wildman–Crippen MR) is 49.1 cm³/mol. The Morgan fingerprint density at radius 1 is 1.43 bits per heavy atom. The summed E-state index contributed by atoms with van der Waals surface area (Å²) in [6, 6.07) is 1.84. The van der Waals surface area contributed by atoms with Gasteiger partial charge in [-0.05, 0) is 18.6 Å². The standard InChI is InChI=1S/C9H9N3O2/c1-6-3-8-7(9(13)14-2)5-11-12(8)10-4-6/h3-5H,1-2H3. The molecule has 14 heavy (non-hydrogen) atoms. The van der Waals surface area contributed by atoms with Crippen molar-refractivity contribution in [1.82, 2.24) is 14.8 Å². The van der Waals surface area contributed by atoms with Crippen molar-refractivity contribution in [3.63, 3.8) is 0 Å². The number of methoxy groups -OCH3 is 1. The number of hydrogen-bond donors (Lipinski definition) is 0. The first-order valence-corrected chi connectivity index (χ1v) is 4.11. The van der Waals surface area contributed by atoms with Crippen molar-refractivity contribution in [3.05, 3.63) is 29.6 Å². The number of aromatic nitrogens is 3. The fourth-order valence-electron chi connectivity index (χ4n) is 1.24. The van der Waals surface area contributed by atoms with Gasteiger partial charge in [-0.1, -0.05) is 0 Å². The highest BCUT2D eigenvalue weighted by molar-refractivity contribution is 5.96. The van der Waals surface area contributed by atoms with Crippen molar-refractivity contribution in [1.29, 1.82) is 0 Å². The van der Waals surface area contributed by atoms with Gasteiger partial charge in [-0.3, -0.25) is 0 Å². The van der Waals surface area contributed by atoms with Gasteiger partial charge in [0, 0.05) is 0 Å². The van der Waals surface area contributed by atoms with Gasteiger partial charge in [-0.2, -0.15) is 14.8 Å². The zero-order chi connectivity index (χ0) is 10.1. The minimum Gasteiger partial charge on any atom is -0.465 e. The molecule has 5 nitrogen and oxygen atoms in total. The second kappa shape index (κ2) is 3.10. The second-order valence-electron chi connectivity index (χ2n) is 2.96. The average molecular weight is 191 g/mol. The molecule has 2 heterocycles. The number of esters is 1. The van der Waals surface area contributed by atoms with Crippen molar-refractivity contribution < 1.29 is 9.53 Å². The summed E-state index contributed by atoms with van der Waals surface area (Å²) in [6.45, 7) is 1.90. The van der Waals surface area contributed by atoms with Gasteiger partial charge in [0.05, 0.1) is 19.5 Å². The highest BCUT2D eigenvalue weighted by atomic mass is 16.5. The van der Waals surface area contributed by atoms with Crippen LogP contribution in [0.25, 0.3) is 5.52 Å². The summed E-state index contributed by atoms with van der Waals surface area (Å²) < 4.78 is 6.02. The van der Waals surface area contributed by atoms with E-state index in [1.54, 1.807) is 6.20 Å². The Kier molecular flexibility index (Phi) is 1.92. The van der Waals surface area contributed by atoms with Gasteiger partial charge < -0.3 is 4.74 Å². The van der Waals surface area contributed by atoms with Gasteiger partial charge in [0.1, 0.15) is 11.1 Å². The van der Waals surface area contributed by atoms with Crippen LogP contribution < -0.4 is 0 Å². The topological polar surface area (TPSA) is 56.5 Å². The number of carbonyl (C=O) groups excluding carboxylic acids is 1. The first-order chi connectivity index (χ1) is 6.72. The van der Waals surface area contributed by atoms with Gasteiger partial charge in [-0.15, -0.1) is 0 Å². The average Bonchev–Trinajstić information content (AvgIpc) is 2.59. The Hall–Kier alpha value is -1.91. The number of hydrogen-bond acceptors (Lipinski definition) is 4. The van der Waals surface area contributed by atoms with E-state index in [0.29, 0.717) is 11.1 Å². The predicted octanol–water partition coefficient (Wildman–Crippen LogP) is 0.824. The molecule has 0 aromatic carbocycles. The summed E-state index contributed by atoms with van der Waals surface area (Å²) in [5, 5.41) is 7.95. The summed E-state index contributed by atoms with van der Waals surface area (Å²) >= 11 is 0. The van der Waals surface area contributed by atoms with E-state index in [4.69, 9.17) is 0 Å². The Balaban J connectivity index is 2.67. The van der Waals surface area contributed by atoms with E-state index in [0.717, 1.165) is 5.56 Å². The molecule has 5 heteroatoms. The maximum atomic E-state index is 11.3. The molecule has 0 N–H and O–H groups in total. The monoisotopic (exact) mass is 191 g/mol. The molecule has 0 saturated carbocycles. The highest BCUT2D eigenvalue weighted by Gasteiger charge is 2.12. The quantitative estimate of drug-likeness (QED) is 0.626. The third-order valence-electron chi connectivity index (χ3n) is 1.93. The van der Waals surface area contributed by atoms with E-state index >= 15 is 0 Å². The van der Waals surface area contributed by atoms with Crippen molar-refractivity contribution >= 4 is 11.5 Å². The smallest absolute Gasteiger partial charge is 0.341 e. The normalized spacial score (nSPS) is 10.4. The molecule has 2 aromatic heterocycles. The molecule has 0 saturated heterocycles. The second-order valence-corrected chi connectivity index (χ2v) is 2.96. The Labute approximate surface area is 80.3 Å². The maximum Gasteiger partial charge on any atom is 0.341 e. The van der Waals surface area contributed by atoms with Crippen LogP contribution in [0.5, 0.6) is 0 Å². The van der Waals surface area contributed by atoms with E-state index in [2.05, 4.69) is 14.9 Å². The van der Waals surface area contributed by atoms with Gasteiger partial charge in [0.2, 0.25) is 0 Å². The summed E-state index contributed by atoms with van der Waals surface area (Å²) in [6.07, 6.45) is 3.13. The molecule has 0 fully saturated rings. The summed E-state index contributed by atoms with van der Waals surface area (Å²) in [4.78, 5) is 11.3. The lowest BCUT2D eigenvalue weighted by Crippen LogP contribution is -2.01. The molecule has 0 spiro atoms. The van der Waals surface area contributed by atoms with E-state index in [-0.39, 0.29) is 0 Å². The lowest BCUT2D eigenvalue weighted by Gasteiger charge is -1.97. The number of carbonyl (C=O) groups is 1. The zero-order valence-corrected chi connectivity index (χ0v) is 7.89. The van der Waals surface area contributed by atoms with Crippen LogP contribution in [-0.2, 0) is 4.74 Å². The van der Waals surface area contributed by atoms with Crippen LogP contribution in [-0.4, -0.2) is 27.9 Å². The molecule has 0 radical (unpaired) electrons. The van der Waals surface area contributed by atoms with E-state index < -0.39 is 5.97 Å². The van der Waals surface area contributed by atoms with Crippen LogP contribution in [0.4, 0.5) is 0 Å². The fourth-order valence-corrected chi connectivity index (χ4v) is 1.24. The summed E-state index contributed by atoms with van der Waals surface area (Å²) in [5.41, 5.74) is 2.07. The first kappa shape index (κ1) is 8.68. The van der Waals surface area contributed by atoms with E-state index in [1.807, 2.05) is 13.0 Å². The molecule has 0 aliphatic heterocycles. The van der Waals surface area contributed by atoms with Crippen LogP contribution in [0.2, 0.25) is 0 Å². The number of aryl methyl sites for hydroxylation is 1. The van der Waals surface area contributed by atoms with Crippen molar-refractivity contribution in [3.8, 4) is 0 Å². The highest BCUT2D eigenvalue weighted by Crippen LogP contribution is 2.11. The molecule has 0 aliphatic carbocycles. The number of nitrogens with zero attached hydrogens (tertiary/aromatic N) is 3. The lowest BCUT2D eigenvalue weighted by atomic mass is 10.2. The minimum atomic E-state index is -0.396. The summed E-state index contributed by atoms with van der Waals surface area (Å²) in [7, 11) is 1.34. The fraction of sp³-hybridized carbons (Fsp3) is 0.222.